The molecule has 1 aliphatic rings. The van der Waals surface area contributed by atoms with E-state index in [9.17, 15) is 21.6 Å². The van der Waals surface area contributed by atoms with E-state index in [-0.39, 0.29) is 38.0 Å². The van der Waals surface area contributed by atoms with Gasteiger partial charge >= 0.3 is 0 Å². The second-order valence-electron chi connectivity index (χ2n) is 13.1. The highest BCUT2D eigenvalue weighted by Crippen LogP contribution is 2.37. The molecule has 0 unspecified atom stereocenters. The van der Waals surface area contributed by atoms with Crippen molar-refractivity contribution in [2.75, 3.05) is 15.2 Å². The summed E-state index contributed by atoms with van der Waals surface area (Å²) >= 11 is 0. The van der Waals surface area contributed by atoms with Crippen molar-refractivity contribution in [1.82, 2.24) is 0 Å². The number of nitrogens with zero attached hydrogens (tertiary/aromatic N) is 2. The molecular formula is C34H38N2O6S2. The molecule has 44 heavy (non-hydrogen) atoms. The van der Waals surface area contributed by atoms with Crippen LogP contribution >= 0.6 is 0 Å². The van der Waals surface area contributed by atoms with Crippen LogP contribution in [0.4, 0.5) is 11.4 Å². The first kappa shape index (κ1) is 31.5. The van der Waals surface area contributed by atoms with Crippen molar-refractivity contribution in [2.24, 2.45) is 0 Å². The van der Waals surface area contributed by atoms with Crippen LogP contribution in [0.5, 0.6) is 0 Å². The average molecular weight is 635 g/mol. The Bertz CT molecular complexity index is 1790. The number of benzene rings is 3. The third-order valence-corrected chi connectivity index (χ3v) is 12.1. The van der Waals surface area contributed by atoms with Gasteiger partial charge in [-0.2, -0.15) is 3.71 Å². The number of amides is 1. The first-order valence-electron chi connectivity index (χ1n) is 14.5. The Morgan fingerprint density at radius 1 is 0.750 bits per heavy atom. The largest absolute Gasteiger partial charge is 0.459 e. The lowest BCUT2D eigenvalue weighted by Crippen LogP contribution is -2.38. The monoisotopic (exact) mass is 634 g/mol. The molecule has 3 aromatic carbocycles. The third kappa shape index (κ3) is 5.93. The quantitative estimate of drug-likeness (QED) is 0.225. The van der Waals surface area contributed by atoms with Crippen LogP contribution in [0.15, 0.2) is 99.3 Å². The Morgan fingerprint density at radius 2 is 1.27 bits per heavy atom. The lowest BCUT2D eigenvalue weighted by atomic mass is 9.87. The van der Waals surface area contributed by atoms with E-state index in [2.05, 4.69) is 0 Å². The Balaban J connectivity index is 1.64. The van der Waals surface area contributed by atoms with Gasteiger partial charge in [0.1, 0.15) is 0 Å². The van der Waals surface area contributed by atoms with E-state index in [1.165, 1.54) is 36.6 Å². The van der Waals surface area contributed by atoms with Crippen LogP contribution in [0.1, 0.15) is 75.2 Å². The van der Waals surface area contributed by atoms with Crippen LogP contribution in [0.2, 0.25) is 0 Å². The Labute approximate surface area is 260 Å². The fourth-order valence-electron chi connectivity index (χ4n) is 5.29. The molecule has 0 N–H and O–H groups in total. The molecular weight excluding hydrogens is 597 g/mol. The zero-order chi connectivity index (χ0) is 32.1. The Kier molecular flexibility index (Phi) is 8.05. The molecule has 0 saturated carbocycles. The van der Waals surface area contributed by atoms with E-state index < -0.39 is 20.0 Å². The SMILES string of the molecule is CC(C)(C)c1ccc(S(=O)(=O)N(c2ccc3c(c2)CCCN3C(=O)c2ccco2)S(=O)(=O)c2ccc(C(C)(C)C)cc2)cc1. The van der Waals surface area contributed by atoms with Gasteiger partial charge in [0.15, 0.2) is 5.76 Å². The smallest absolute Gasteiger partial charge is 0.293 e. The number of furan rings is 1. The minimum atomic E-state index is -4.60. The molecule has 0 saturated heterocycles. The predicted octanol–water partition coefficient (Wildman–Crippen LogP) is 7.05. The van der Waals surface area contributed by atoms with E-state index >= 15 is 0 Å². The van der Waals surface area contributed by atoms with Crippen molar-refractivity contribution in [1.29, 1.82) is 0 Å². The molecule has 0 atom stereocenters. The van der Waals surface area contributed by atoms with Crippen molar-refractivity contribution in [3.63, 3.8) is 0 Å². The first-order valence-corrected chi connectivity index (χ1v) is 17.4. The van der Waals surface area contributed by atoms with Gasteiger partial charge < -0.3 is 9.32 Å². The number of hydrogen-bond acceptors (Lipinski definition) is 6. The number of carbonyl (C=O) groups is 1. The fourth-order valence-corrected chi connectivity index (χ4v) is 8.97. The Morgan fingerprint density at radius 3 is 1.73 bits per heavy atom. The summed E-state index contributed by atoms with van der Waals surface area (Å²) in [6, 6.07) is 20.4. The van der Waals surface area contributed by atoms with Gasteiger partial charge in [0, 0.05) is 12.2 Å². The molecule has 0 radical (unpaired) electrons. The highest BCUT2D eigenvalue weighted by Gasteiger charge is 2.38. The standard InChI is InChI=1S/C34H38N2O6S2/c1-33(2,3)25-11-16-28(17-12-25)43(38,39)36(44(40,41)29-18-13-26(14-19-29)34(4,5)6)27-15-20-30-24(23-27)9-7-21-35(30)32(37)31-10-8-22-42-31/h8,10-20,22-23H,7,9,21H2,1-6H3. The normalized spacial score (nSPS) is 14.3. The summed E-state index contributed by atoms with van der Waals surface area (Å²) in [5.41, 5.74) is 2.60. The van der Waals surface area contributed by atoms with Crippen LogP contribution in [-0.4, -0.2) is 29.3 Å². The van der Waals surface area contributed by atoms with Gasteiger partial charge in [0.2, 0.25) is 0 Å². The van der Waals surface area contributed by atoms with Crippen molar-refractivity contribution in [3.8, 4) is 0 Å². The summed E-state index contributed by atoms with van der Waals surface area (Å²) in [6.07, 6.45) is 2.58. The second-order valence-corrected chi connectivity index (χ2v) is 16.9. The molecule has 232 valence electrons. The average Bonchev–Trinajstić information content (AvgIpc) is 3.51. The maximum atomic E-state index is 14.3. The van der Waals surface area contributed by atoms with Gasteiger partial charge in [-0.3, -0.25) is 4.79 Å². The molecule has 10 heteroatoms. The minimum Gasteiger partial charge on any atom is -0.459 e. The highest BCUT2D eigenvalue weighted by molar-refractivity contribution is 8.10. The van der Waals surface area contributed by atoms with Crippen LogP contribution in [-0.2, 0) is 37.3 Å². The summed E-state index contributed by atoms with van der Waals surface area (Å²) in [5, 5.41) is 0. The van der Waals surface area contributed by atoms with Crippen LogP contribution in [0.3, 0.4) is 0 Å². The number of hydrogen-bond donors (Lipinski definition) is 0. The van der Waals surface area contributed by atoms with Crippen LogP contribution in [0.25, 0.3) is 0 Å². The molecule has 0 spiro atoms. The number of sulfonamides is 2. The number of fused-ring (bicyclic) bond motifs is 1. The molecule has 0 aliphatic carbocycles. The topological polar surface area (TPSA) is 105 Å². The molecule has 1 aromatic heterocycles. The molecule has 0 bridgehead atoms. The fraction of sp³-hybridized carbons (Fsp3) is 0.324. The molecule has 5 rings (SSSR count). The second kappa shape index (κ2) is 11.2. The molecule has 8 nitrogen and oxygen atoms in total. The molecule has 1 amide bonds. The van der Waals surface area contributed by atoms with Gasteiger partial charge in [0.05, 0.1) is 21.7 Å². The van der Waals surface area contributed by atoms with Crippen LogP contribution in [0, 0.1) is 0 Å². The maximum Gasteiger partial charge on any atom is 0.293 e. The molecule has 1 aliphatic heterocycles. The van der Waals surface area contributed by atoms with Gasteiger partial charge in [-0.05, 0) is 95.0 Å². The summed E-state index contributed by atoms with van der Waals surface area (Å²) in [7, 11) is -9.21. The highest BCUT2D eigenvalue weighted by atomic mass is 32.3. The van der Waals surface area contributed by atoms with E-state index in [0.717, 1.165) is 11.1 Å². The van der Waals surface area contributed by atoms with E-state index in [0.29, 0.717) is 34.3 Å². The summed E-state index contributed by atoms with van der Waals surface area (Å²) in [4.78, 5) is 14.4. The van der Waals surface area contributed by atoms with Gasteiger partial charge in [-0.25, -0.2) is 16.8 Å². The van der Waals surface area contributed by atoms with E-state index in [4.69, 9.17) is 4.42 Å². The number of rotatable bonds is 6. The lowest BCUT2D eigenvalue weighted by molar-refractivity contribution is 0.0958. The van der Waals surface area contributed by atoms with Gasteiger partial charge in [-0.15, -0.1) is 0 Å². The van der Waals surface area contributed by atoms with Crippen LogP contribution < -0.4 is 8.61 Å². The summed E-state index contributed by atoms with van der Waals surface area (Å²) in [5.74, 6) is -0.134. The van der Waals surface area contributed by atoms with Crippen molar-refractivity contribution >= 4 is 37.3 Å². The predicted molar refractivity (Wildman–Crippen MR) is 172 cm³/mol. The third-order valence-electron chi connectivity index (χ3n) is 7.84. The lowest BCUT2D eigenvalue weighted by Gasteiger charge is -2.31. The van der Waals surface area contributed by atoms with Gasteiger partial charge in [0.25, 0.3) is 26.0 Å². The zero-order valence-corrected chi connectivity index (χ0v) is 27.5. The number of anilines is 2. The maximum absolute atomic E-state index is 14.3. The van der Waals surface area contributed by atoms with Crippen molar-refractivity contribution in [2.45, 2.75) is 75.0 Å². The van der Waals surface area contributed by atoms with Crippen molar-refractivity contribution < 1.29 is 26.0 Å². The van der Waals surface area contributed by atoms with E-state index in [1.54, 1.807) is 53.4 Å². The molecule has 0 fully saturated rings. The number of aryl methyl sites for hydroxylation is 1. The number of carbonyl (C=O) groups excluding carboxylic acids is 1. The molecule has 4 aromatic rings. The van der Waals surface area contributed by atoms with E-state index in [1.807, 2.05) is 41.5 Å². The summed E-state index contributed by atoms with van der Waals surface area (Å²) < 4.78 is 63.1. The summed E-state index contributed by atoms with van der Waals surface area (Å²) in [6.45, 7) is 12.5. The first-order chi connectivity index (χ1) is 20.5. The van der Waals surface area contributed by atoms with Crippen molar-refractivity contribution in [3.05, 3.63) is 108 Å². The zero-order valence-electron chi connectivity index (χ0n) is 25.9. The minimum absolute atomic E-state index is 0.0316. The Hall–Kier alpha value is -3.89. The molecule has 2 heterocycles. The van der Waals surface area contributed by atoms with Gasteiger partial charge in [-0.1, -0.05) is 65.8 Å².